The molecule has 1 heterocycles. The zero-order chi connectivity index (χ0) is 19.9. The first-order chi connectivity index (χ1) is 13.4. The molecule has 0 spiro atoms. The van der Waals surface area contributed by atoms with Gasteiger partial charge in [-0.1, -0.05) is 24.6 Å². The summed E-state index contributed by atoms with van der Waals surface area (Å²) < 4.78 is 33.8. The first kappa shape index (κ1) is 19.1. The molecule has 148 valence electrons. The van der Waals surface area contributed by atoms with Gasteiger partial charge >= 0.3 is 0 Å². The van der Waals surface area contributed by atoms with E-state index in [1.807, 2.05) is 11.8 Å². The average Bonchev–Trinajstić information content (AvgIpc) is 3.49. The number of hydrogen-bond acceptors (Lipinski definition) is 4. The van der Waals surface area contributed by atoms with E-state index in [2.05, 4.69) is 4.72 Å². The largest absolute Gasteiger partial charge is 0.480 e. The highest BCUT2D eigenvalue weighted by molar-refractivity contribution is 7.92. The van der Waals surface area contributed by atoms with Crippen LogP contribution in [0.15, 0.2) is 47.4 Å². The van der Waals surface area contributed by atoms with Crippen molar-refractivity contribution in [3.05, 3.63) is 53.1 Å². The Morgan fingerprint density at radius 3 is 2.68 bits per heavy atom. The molecule has 1 saturated carbocycles. The van der Waals surface area contributed by atoms with Crippen molar-refractivity contribution in [2.75, 3.05) is 4.72 Å². The summed E-state index contributed by atoms with van der Waals surface area (Å²) in [6, 6.07) is 11.4. The van der Waals surface area contributed by atoms with Crippen LogP contribution in [0.4, 0.5) is 5.69 Å². The van der Waals surface area contributed by atoms with Gasteiger partial charge in [0, 0.05) is 28.9 Å². The number of benzene rings is 2. The molecular weight excluding hydrogens is 400 g/mol. The maximum absolute atomic E-state index is 12.7. The quantitative estimate of drug-likeness (QED) is 0.798. The molecule has 28 heavy (non-hydrogen) atoms. The normalized spacial score (nSPS) is 19.6. The smallest absolute Gasteiger partial charge is 0.264 e. The first-order valence-electron chi connectivity index (χ1n) is 9.26. The second-order valence-corrected chi connectivity index (χ2v) is 9.22. The van der Waals surface area contributed by atoms with Crippen molar-refractivity contribution in [3.8, 4) is 5.75 Å². The summed E-state index contributed by atoms with van der Waals surface area (Å²) in [5.41, 5.74) is 1.21. The van der Waals surface area contributed by atoms with E-state index in [0.29, 0.717) is 29.4 Å². The Labute approximate surface area is 169 Å². The van der Waals surface area contributed by atoms with Crippen LogP contribution < -0.4 is 9.46 Å². The molecule has 1 amide bonds. The van der Waals surface area contributed by atoms with Crippen molar-refractivity contribution in [3.63, 3.8) is 0 Å². The molecule has 0 saturated heterocycles. The number of ether oxygens (including phenoxy) is 1. The summed E-state index contributed by atoms with van der Waals surface area (Å²) in [6.07, 6.45) is 2.08. The molecule has 2 aliphatic rings. The SMILES string of the molecule is CCC1Oc2ccc(NS(=O)(=O)c3cccc(Cl)c3)cc2CN(C2CC2)C1=O. The predicted octanol–water partition coefficient (Wildman–Crippen LogP) is 3.80. The minimum absolute atomic E-state index is 0.00209. The molecule has 0 bridgehead atoms. The van der Waals surface area contributed by atoms with Crippen LogP contribution in [0.25, 0.3) is 0 Å². The van der Waals surface area contributed by atoms with Crippen LogP contribution in [0.3, 0.4) is 0 Å². The fraction of sp³-hybridized carbons (Fsp3) is 0.350. The number of carbonyl (C=O) groups excluding carboxylic acids is 1. The van der Waals surface area contributed by atoms with Crippen LogP contribution in [0, 0.1) is 0 Å². The topological polar surface area (TPSA) is 75.7 Å². The van der Waals surface area contributed by atoms with Crippen LogP contribution in [0.1, 0.15) is 31.7 Å². The standard InChI is InChI=1S/C20H21ClN2O4S/c1-2-18-20(24)23(16-7-8-16)12-13-10-15(6-9-19(13)27-18)22-28(25,26)17-5-3-4-14(21)11-17/h3-6,9-11,16,18,22H,2,7-8,12H2,1H3. The lowest BCUT2D eigenvalue weighted by Crippen LogP contribution is -2.40. The van der Waals surface area contributed by atoms with Crippen molar-refractivity contribution in [2.24, 2.45) is 0 Å². The van der Waals surface area contributed by atoms with E-state index < -0.39 is 16.1 Å². The third kappa shape index (κ3) is 3.82. The Kier molecular flexibility index (Phi) is 4.97. The molecule has 1 aliphatic heterocycles. The minimum atomic E-state index is -3.77. The van der Waals surface area contributed by atoms with Crippen LogP contribution >= 0.6 is 11.6 Å². The highest BCUT2D eigenvalue weighted by Gasteiger charge is 2.38. The van der Waals surface area contributed by atoms with Crippen molar-refractivity contribution in [1.82, 2.24) is 4.90 Å². The number of sulfonamides is 1. The van der Waals surface area contributed by atoms with Crippen LogP contribution in [0.5, 0.6) is 5.75 Å². The Bertz CT molecular complexity index is 1020. The summed E-state index contributed by atoms with van der Waals surface area (Å²) in [5, 5.41) is 0.349. The molecule has 1 aliphatic carbocycles. The number of halogens is 1. The van der Waals surface area contributed by atoms with E-state index >= 15 is 0 Å². The maximum Gasteiger partial charge on any atom is 0.264 e. The number of hydrogen-bond donors (Lipinski definition) is 1. The number of carbonyl (C=O) groups is 1. The zero-order valence-corrected chi connectivity index (χ0v) is 17.0. The minimum Gasteiger partial charge on any atom is -0.480 e. The van der Waals surface area contributed by atoms with E-state index in [-0.39, 0.29) is 16.8 Å². The van der Waals surface area contributed by atoms with Crippen molar-refractivity contribution >= 4 is 33.2 Å². The van der Waals surface area contributed by atoms with Gasteiger partial charge in [0.2, 0.25) is 0 Å². The Morgan fingerprint density at radius 2 is 2.00 bits per heavy atom. The number of amides is 1. The highest BCUT2D eigenvalue weighted by Crippen LogP contribution is 2.35. The Balaban J connectivity index is 1.63. The molecule has 1 atom stereocenters. The number of nitrogens with zero attached hydrogens (tertiary/aromatic N) is 1. The fourth-order valence-electron chi connectivity index (χ4n) is 3.33. The van der Waals surface area contributed by atoms with Crippen molar-refractivity contribution in [2.45, 2.75) is 49.8 Å². The molecule has 4 rings (SSSR count). The fourth-order valence-corrected chi connectivity index (χ4v) is 4.68. The number of rotatable bonds is 5. The molecule has 1 unspecified atom stereocenters. The van der Waals surface area contributed by atoms with Gasteiger partial charge in [-0.05, 0) is 55.7 Å². The third-order valence-corrected chi connectivity index (χ3v) is 6.56. The van der Waals surface area contributed by atoms with E-state index in [1.165, 1.54) is 12.1 Å². The predicted molar refractivity (Wildman–Crippen MR) is 107 cm³/mol. The second-order valence-electron chi connectivity index (χ2n) is 7.10. The third-order valence-electron chi connectivity index (χ3n) is 4.95. The van der Waals surface area contributed by atoms with Gasteiger partial charge in [-0.2, -0.15) is 0 Å². The van der Waals surface area contributed by atoms with Gasteiger partial charge in [-0.25, -0.2) is 8.42 Å². The van der Waals surface area contributed by atoms with E-state index in [4.69, 9.17) is 16.3 Å². The van der Waals surface area contributed by atoms with Crippen LogP contribution in [0.2, 0.25) is 5.02 Å². The number of fused-ring (bicyclic) bond motifs is 1. The van der Waals surface area contributed by atoms with E-state index in [0.717, 1.165) is 18.4 Å². The molecule has 2 aromatic carbocycles. The van der Waals surface area contributed by atoms with Gasteiger partial charge in [0.05, 0.1) is 4.90 Å². The molecule has 1 N–H and O–H groups in total. The average molecular weight is 421 g/mol. The Hall–Kier alpha value is -2.25. The first-order valence-corrected chi connectivity index (χ1v) is 11.1. The second kappa shape index (κ2) is 7.29. The lowest BCUT2D eigenvalue weighted by molar-refractivity contribution is -0.139. The summed E-state index contributed by atoms with van der Waals surface area (Å²) >= 11 is 5.91. The van der Waals surface area contributed by atoms with Crippen LogP contribution in [-0.2, 0) is 21.4 Å². The van der Waals surface area contributed by atoms with Crippen LogP contribution in [-0.4, -0.2) is 31.4 Å². The lowest BCUT2D eigenvalue weighted by Gasteiger charge is -2.22. The highest BCUT2D eigenvalue weighted by atomic mass is 35.5. The molecule has 6 nitrogen and oxygen atoms in total. The number of anilines is 1. The van der Waals surface area contributed by atoms with Gasteiger partial charge in [0.25, 0.3) is 15.9 Å². The van der Waals surface area contributed by atoms with Gasteiger partial charge in [-0.15, -0.1) is 0 Å². The number of nitrogens with one attached hydrogen (secondary N) is 1. The van der Waals surface area contributed by atoms with Crippen molar-refractivity contribution in [1.29, 1.82) is 0 Å². The lowest BCUT2D eigenvalue weighted by atomic mass is 10.1. The maximum atomic E-state index is 12.7. The van der Waals surface area contributed by atoms with Gasteiger partial charge in [0.1, 0.15) is 5.75 Å². The molecule has 0 radical (unpaired) electrons. The molecule has 0 aromatic heterocycles. The van der Waals surface area contributed by atoms with Gasteiger partial charge in [-0.3, -0.25) is 9.52 Å². The van der Waals surface area contributed by atoms with Gasteiger partial charge in [0.15, 0.2) is 6.10 Å². The molecule has 8 heteroatoms. The molecular formula is C20H21ClN2O4S. The van der Waals surface area contributed by atoms with Crippen molar-refractivity contribution < 1.29 is 17.9 Å². The van der Waals surface area contributed by atoms with E-state index in [9.17, 15) is 13.2 Å². The Morgan fingerprint density at radius 1 is 1.21 bits per heavy atom. The van der Waals surface area contributed by atoms with Gasteiger partial charge < -0.3 is 9.64 Å². The zero-order valence-electron chi connectivity index (χ0n) is 15.4. The summed E-state index contributed by atoms with van der Waals surface area (Å²) in [7, 11) is -3.77. The summed E-state index contributed by atoms with van der Waals surface area (Å²) in [4.78, 5) is 14.7. The summed E-state index contributed by atoms with van der Waals surface area (Å²) in [6.45, 7) is 2.34. The molecule has 2 aromatic rings. The molecule has 1 fully saturated rings. The van der Waals surface area contributed by atoms with E-state index in [1.54, 1.807) is 30.3 Å². The summed E-state index contributed by atoms with van der Waals surface area (Å²) in [5.74, 6) is 0.622. The monoisotopic (exact) mass is 420 g/mol.